The van der Waals surface area contributed by atoms with E-state index in [2.05, 4.69) is 32.9 Å². The van der Waals surface area contributed by atoms with E-state index in [1.54, 1.807) is 0 Å². The molecular weight excluding hydrogens is 254 g/mol. The molecule has 0 radical (unpaired) electrons. The molecule has 0 bridgehead atoms. The zero-order chi connectivity index (χ0) is 14.6. The van der Waals surface area contributed by atoms with Crippen molar-refractivity contribution in [1.29, 1.82) is 0 Å². The van der Waals surface area contributed by atoms with Crippen LogP contribution in [0.25, 0.3) is 0 Å². The maximum Gasteiger partial charge on any atom is 0.247 e. The van der Waals surface area contributed by atoms with Gasteiger partial charge >= 0.3 is 0 Å². The maximum absolute atomic E-state index is 12.5. The first kappa shape index (κ1) is 14.7. The fourth-order valence-corrected chi connectivity index (χ4v) is 2.69. The Morgan fingerprint density at radius 3 is 2.55 bits per heavy atom. The number of hydrogen-bond acceptors (Lipinski definition) is 4. The maximum atomic E-state index is 12.5. The molecule has 0 aliphatic heterocycles. The van der Waals surface area contributed by atoms with Crippen molar-refractivity contribution < 1.29 is 4.79 Å². The van der Waals surface area contributed by atoms with Crippen molar-refractivity contribution in [1.82, 2.24) is 25.9 Å². The van der Waals surface area contributed by atoms with E-state index in [-0.39, 0.29) is 5.91 Å². The summed E-state index contributed by atoms with van der Waals surface area (Å²) in [6.45, 7) is 5.93. The minimum absolute atomic E-state index is 0.0175. The van der Waals surface area contributed by atoms with Gasteiger partial charge in [-0.3, -0.25) is 4.79 Å². The molecule has 0 aromatic carbocycles. The molecule has 1 aromatic heterocycles. The lowest BCUT2D eigenvalue weighted by atomic mass is 9.80. The van der Waals surface area contributed by atoms with Crippen molar-refractivity contribution in [3.05, 3.63) is 17.0 Å². The van der Waals surface area contributed by atoms with Crippen molar-refractivity contribution >= 4 is 5.91 Å². The van der Waals surface area contributed by atoms with Gasteiger partial charge in [0.1, 0.15) is 5.54 Å². The zero-order valence-corrected chi connectivity index (χ0v) is 12.5. The number of carbonyl (C=O) groups is 1. The van der Waals surface area contributed by atoms with Crippen LogP contribution in [0.2, 0.25) is 0 Å². The van der Waals surface area contributed by atoms with E-state index in [0.717, 1.165) is 43.3 Å². The molecule has 2 rings (SSSR count). The first-order valence-electron chi connectivity index (χ1n) is 7.32. The highest BCUT2D eigenvalue weighted by Gasteiger charge is 2.39. The van der Waals surface area contributed by atoms with Gasteiger partial charge in [0.2, 0.25) is 5.91 Å². The predicted octanol–water partition coefficient (Wildman–Crippen LogP) is 2.22. The largest absolute Gasteiger partial charge is 0.339 e. The van der Waals surface area contributed by atoms with Gasteiger partial charge in [-0.2, -0.15) is 5.21 Å². The number of carbonyl (C=O) groups excluding carboxylic acids is 1. The Balaban J connectivity index is 2.24. The minimum atomic E-state index is -0.461. The van der Waals surface area contributed by atoms with Gasteiger partial charge in [0.15, 0.2) is 5.82 Å². The lowest BCUT2D eigenvalue weighted by Crippen LogP contribution is -2.48. The quantitative estimate of drug-likeness (QED) is 0.827. The van der Waals surface area contributed by atoms with Crippen LogP contribution in [-0.4, -0.2) is 26.5 Å². The monoisotopic (exact) mass is 277 g/mol. The van der Waals surface area contributed by atoms with Gasteiger partial charge in [-0.1, -0.05) is 37.0 Å². The summed E-state index contributed by atoms with van der Waals surface area (Å²) in [6, 6.07) is 0. The highest BCUT2D eigenvalue weighted by Crippen LogP contribution is 2.35. The van der Waals surface area contributed by atoms with Gasteiger partial charge in [-0.05, 0) is 33.1 Å². The summed E-state index contributed by atoms with van der Waals surface area (Å²) >= 11 is 0. The van der Waals surface area contributed by atoms with Crippen LogP contribution in [0.4, 0.5) is 0 Å². The van der Waals surface area contributed by atoms with Gasteiger partial charge in [0.05, 0.1) is 0 Å². The van der Waals surface area contributed by atoms with E-state index >= 15 is 0 Å². The van der Waals surface area contributed by atoms with Gasteiger partial charge in [0, 0.05) is 5.57 Å². The molecule has 6 heteroatoms. The topological polar surface area (TPSA) is 83.6 Å². The van der Waals surface area contributed by atoms with Crippen molar-refractivity contribution in [3.63, 3.8) is 0 Å². The molecule has 1 fully saturated rings. The van der Waals surface area contributed by atoms with Crippen LogP contribution in [0, 0.1) is 0 Å². The average molecular weight is 277 g/mol. The smallest absolute Gasteiger partial charge is 0.247 e. The van der Waals surface area contributed by atoms with E-state index in [1.807, 2.05) is 13.8 Å². The number of aromatic nitrogens is 4. The molecule has 6 nitrogen and oxygen atoms in total. The molecule has 1 heterocycles. The predicted molar refractivity (Wildman–Crippen MR) is 75.7 cm³/mol. The summed E-state index contributed by atoms with van der Waals surface area (Å²) < 4.78 is 0. The third-order valence-electron chi connectivity index (χ3n) is 4.34. The molecular formula is C14H23N5O. The van der Waals surface area contributed by atoms with Crippen LogP contribution < -0.4 is 5.32 Å². The molecule has 0 unspecified atom stereocenters. The molecule has 0 saturated heterocycles. The molecule has 1 aromatic rings. The summed E-state index contributed by atoms with van der Waals surface area (Å²) in [5.74, 6) is 0.587. The Labute approximate surface area is 119 Å². The third kappa shape index (κ3) is 2.89. The lowest BCUT2D eigenvalue weighted by Gasteiger charge is -2.35. The third-order valence-corrected chi connectivity index (χ3v) is 4.34. The van der Waals surface area contributed by atoms with Crippen molar-refractivity contribution in [3.8, 4) is 0 Å². The minimum Gasteiger partial charge on any atom is -0.339 e. The molecule has 0 atom stereocenters. The Kier molecular flexibility index (Phi) is 4.52. The molecule has 1 saturated carbocycles. The molecule has 1 aliphatic rings. The first-order chi connectivity index (χ1) is 9.59. The van der Waals surface area contributed by atoms with E-state index in [1.165, 1.54) is 6.42 Å². The van der Waals surface area contributed by atoms with Crippen molar-refractivity contribution in [2.75, 3.05) is 0 Å². The number of aromatic amines is 1. The number of tetrazole rings is 1. The molecule has 0 spiro atoms. The molecule has 110 valence electrons. The molecule has 20 heavy (non-hydrogen) atoms. The second-order valence-corrected chi connectivity index (χ2v) is 5.59. The number of hydrogen-bond donors (Lipinski definition) is 2. The van der Waals surface area contributed by atoms with Gasteiger partial charge in [-0.25, -0.2) is 0 Å². The highest BCUT2D eigenvalue weighted by atomic mass is 16.1. The number of H-pyrrole nitrogens is 1. The number of allylic oxidation sites excluding steroid dienone is 1. The van der Waals surface area contributed by atoms with E-state index in [4.69, 9.17) is 0 Å². The molecule has 2 N–H and O–H groups in total. The molecule has 1 amide bonds. The second-order valence-electron chi connectivity index (χ2n) is 5.59. The standard InChI is InChI=1S/C14H23N5O/c1-4-10(2)11(3)12(20)15-14(8-6-5-7-9-14)13-16-18-19-17-13/h4-9H2,1-3H3,(H,15,20)(H,16,17,18,19)/b11-10+. The van der Waals surface area contributed by atoms with Crippen LogP contribution >= 0.6 is 0 Å². The normalized spacial score (nSPS) is 19.4. The van der Waals surface area contributed by atoms with E-state index < -0.39 is 5.54 Å². The summed E-state index contributed by atoms with van der Waals surface area (Å²) in [7, 11) is 0. The van der Waals surface area contributed by atoms with Gasteiger partial charge in [-0.15, -0.1) is 10.2 Å². The van der Waals surface area contributed by atoms with Crippen LogP contribution in [0.1, 0.15) is 65.1 Å². The van der Waals surface area contributed by atoms with Gasteiger partial charge < -0.3 is 5.32 Å². The Hall–Kier alpha value is -1.72. The van der Waals surface area contributed by atoms with Crippen LogP contribution in [-0.2, 0) is 10.3 Å². The fraction of sp³-hybridized carbons (Fsp3) is 0.714. The summed E-state index contributed by atoms with van der Waals surface area (Å²) in [5.41, 5.74) is 1.44. The van der Waals surface area contributed by atoms with Crippen LogP contribution in [0.5, 0.6) is 0 Å². The SMILES string of the molecule is CC/C(C)=C(\C)C(=O)NC1(c2nn[nH]n2)CCCCC1. The summed E-state index contributed by atoms with van der Waals surface area (Å²) in [4.78, 5) is 12.5. The average Bonchev–Trinajstić information content (AvgIpc) is 3.01. The number of amides is 1. The Morgan fingerprint density at radius 1 is 1.30 bits per heavy atom. The first-order valence-corrected chi connectivity index (χ1v) is 7.32. The molecule has 1 aliphatic carbocycles. The summed E-state index contributed by atoms with van der Waals surface area (Å²) in [6.07, 6.45) is 5.97. The zero-order valence-electron chi connectivity index (χ0n) is 12.5. The highest BCUT2D eigenvalue weighted by molar-refractivity contribution is 5.94. The van der Waals surface area contributed by atoms with Gasteiger partial charge in [0.25, 0.3) is 0 Å². The van der Waals surface area contributed by atoms with E-state index in [9.17, 15) is 4.79 Å². The number of nitrogens with zero attached hydrogens (tertiary/aromatic N) is 3. The number of nitrogens with one attached hydrogen (secondary N) is 2. The van der Waals surface area contributed by atoms with Crippen molar-refractivity contribution in [2.45, 2.75) is 64.8 Å². The Morgan fingerprint density at radius 2 is 2.00 bits per heavy atom. The van der Waals surface area contributed by atoms with Crippen LogP contribution in [0.15, 0.2) is 11.1 Å². The second kappa shape index (κ2) is 6.15. The van der Waals surface area contributed by atoms with Crippen molar-refractivity contribution in [2.24, 2.45) is 0 Å². The fourth-order valence-electron chi connectivity index (χ4n) is 2.69. The Bertz CT molecular complexity index is 486. The number of rotatable bonds is 4. The van der Waals surface area contributed by atoms with E-state index in [0.29, 0.717) is 5.82 Å². The lowest BCUT2D eigenvalue weighted by molar-refractivity contribution is -0.120. The summed E-state index contributed by atoms with van der Waals surface area (Å²) in [5, 5.41) is 17.5. The van der Waals surface area contributed by atoms with Crippen LogP contribution in [0.3, 0.4) is 0 Å².